The predicted octanol–water partition coefficient (Wildman–Crippen LogP) is 6.22. The number of aryl methyl sites for hydroxylation is 1. The Kier molecular flexibility index (Phi) is 7.35. The fourth-order valence-electron chi connectivity index (χ4n) is 4.14. The Labute approximate surface area is 222 Å². The van der Waals surface area contributed by atoms with Gasteiger partial charge in [-0.25, -0.2) is 9.37 Å². The first-order valence-corrected chi connectivity index (χ1v) is 11.7. The van der Waals surface area contributed by atoms with Crippen LogP contribution in [0.15, 0.2) is 47.4 Å². The summed E-state index contributed by atoms with van der Waals surface area (Å²) in [5, 5.41) is 11.5. The molecule has 0 saturated carbocycles. The number of nitrogens with one attached hydrogen (secondary N) is 1. The highest BCUT2D eigenvalue weighted by Gasteiger charge is 2.31. The summed E-state index contributed by atoms with van der Waals surface area (Å²) in [5.74, 6) is -2.02. The first-order chi connectivity index (χ1) is 17.8. The molecule has 0 aliphatic carbocycles. The highest BCUT2D eigenvalue weighted by atomic mass is 35.5. The molecule has 198 valence electrons. The first-order valence-electron chi connectivity index (χ1n) is 11.0. The Bertz CT molecular complexity index is 1620. The Morgan fingerprint density at radius 1 is 1.18 bits per heavy atom. The zero-order valence-corrected chi connectivity index (χ0v) is 21.2. The Balaban J connectivity index is 1.85. The van der Waals surface area contributed by atoms with Gasteiger partial charge in [-0.1, -0.05) is 29.3 Å². The van der Waals surface area contributed by atoms with Gasteiger partial charge in [0.2, 0.25) is 0 Å². The van der Waals surface area contributed by atoms with Crippen LogP contribution in [0.25, 0.3) is 10.9 Å². The topological polar surface area (TPSA) is 97.1 Å². The number of anilines is 1. The number of amides is 1. The van der Waals surface area contributed by atoms with Crippen LogP contribution in [0.4, 0.5) is 23.2 Å². The lowest BCUT2D eigenvalue weighted by Crippen LogP contribution is -2.30. The molecule has 0 bridgehead atoms. The summed E-state index contributed by atoms with van der Waals surface area (Å²) in [6, 6.07) is 6.07. The average Bonchev–Trinajstić information content (AvgIpc) is 2.83. The van der Waals surface area contributed by atoms with Crippen LogP contribution in [0.2, 0.25) is 10.0 Å². The minimum Gasteiger partial charge on any atom is -0.505 e. The number of phenols is 1. The summed E-state index contributed by atoms with van der Waals surface area (Å²) in [5.41, 5.74) is -1.46. The summed E-state index contributed by atoms with van der Waals surface area (Å²) >= 11 is 11.8. The van der Waals surface area contributed by atoms with E-state index in [1.54, 1.807) is 0 Å². The molecule has 0 radical (unpaired) electrons. The van der Waals surface area contributed by atoms with Gasteiger partial charge in [-0.05, 0) is 49.7 Å². The normalized spacial score (nSPS) is 12.5. The van der Waals surface area contributed by atoms with Crippen molar-refractivity contribution in [1.29, 1.82) is 0 Å². The summed E-state index contributed by atoms with van der Waals surface area (Å²) in [6.45, 7) is 2.89. The van der Waals surface area contributed by atoms with E-state index in [1.165, 1.54) is 32.2 Å². The van der Waals surface area contributed by atoms with Gasteiger partial charge in [0.1, 0.15) is 17.2 Å². The lowest BCUT2D eigenvalue weighted by atomic mass is 10.0. The van der Waals surface area contributed by atoms with Gasteiger partial charge in [-0.15, -0.1) is 0 Å². The number of halogens is 6. The summed E-state index contributed by atoms with van der Waals surface area (Å²) < 4.78 is 55.3. The third-order valence-corrected chi connectivity index (χ3v) is 6.39. The maximum Gasteiger partial charge on any atom is 0.393 e. The number of fused-ring (bicyclic) bond motifs is 1. The van der Waals surface area contributed by atoms with Crippen LogP contribution in [0.5, 0.6) is 5.75 Å². The molecule has 1 atom stereocenters. The Morgan fingerprint density at radius 3 is 2.47 bits per heavy atom. The molecule has 2 aromatic carbocycles. The van der Waals surface area contributed by atoms with E-state index in [-0.39, 0.29) is 49.3 Å². The van der Waals surface area contributed by atoms with E-state index in [0.717, 1.165) is 28.8 Å². The number of alkyl halides is 3. The number of carbonyl (C=O) groups excluding carboxylic acids is 1. The van der Waals surface area contributed by atoms with Crippen molar-refractivity contribution in [1.82, 2.24) is 14.5 Å². The Hall–Kier alpha value is -3.70. The summed E-state index contributed by atoms with van der Waals surface area (Å²) in [6.07, 6.45) is -4.47. The molecular formula is C25H18Cl2F4N4O3. The molecule has 13 heteroatoms. The molecule has 2 aromatic heterocycles. The SMILES string of the molecule is Cc1nc2c(F)ccc(NC(=O)c3cc(Cl)c(O)c(Cl)c3)c2c(=O)n1[C@H](C)c1ncccc1CC(F)(F)F. The smallest absolute Gasteiger partial charge is 0.393 e. The molecule has 2 N–H and O–H groups in total. The second-order valence-electron chi connectivity index (χ2n) is 8.41. The quantitative estimate of drug-likeness (QED) is 0.279. The van der Waals surface area contributed by atoms with Crippen LogP contribution in [-0.4, -0.2) is 31.7 Å². The number of carbonyl (C=O) groups is 1. The lowest BCUT2D eigenvalue weighted by molar-refractivity contribution is -0.127. The molecule has 0 unspecified atom stereocenters. The van der Waals surface area contributed by atoms with E-state index in [9.17, 15) is 32.3 Å². The van der Waals surface area contributed by atoms with Gasteiger partial charge in [0.05, 0.1) is 39.3 Å². The van der Waals surface area contributed by atoms with Crippen LogP contribution < -0.4 is 10.9 Å². The van der Waals surface area contributed by atoms with Gasteiger partial charge >= 0.3 is 6.18 Å². The zero-order valence-electron chi connectivity index (χ0n) is 19.7. The van der Waals surface area contributed by atoms with E-state index in [1.807, 2.05) is 0 Å². The molecule has 0 aliphatic rings. The zero-order chi connectivity index (χ0) is 27.9. The third kappa shape index (κ3) is 5.30. The van der Waals surface area contributed by atoms with Gasteiger partial charge < -0.3 is 10.4 Å². The van der Waals surface area contributed by atoms with Crippen molar-refractivity contribution >= 4 is 45.7 Å². The number of aromatic hydroxyl groups is 1. The number of hydrogen-bond donors (Lipinski definition) is 2. The number of nitrogens with zero attached hydrogens (tertiary/aromatic N) is 3. The Morgan fingerprint density at radius 2 is 1.84 bits per heavy atom. The second-order valence-corrected chi connectivity index (χ2v) is 9.23. The molecule has 0 fully saturated rings. The van der Waals surface area contributed by atoms with Crippen molar-refractivity contribution in [2.45, 2.75) is 32.5 Å². The summed E-state index contributed by atoms with van der Waals surface area (Å²) in [7, 11) is 0. The van der Waals surface area contributed by atoms with Crippen LogP contribution >= 0.6 is 23.2 Å². The monoisotopic (exact) mass is 568 g/mol. The molecule has 1 amide bonds. The van der Waals surface area contributed by atoms with Crippen molar-refractivity contribution in [2.75, 3.05) is 5.32 Å². The van der Waals surface area contributed by atoms with Crippen molar-refractivity contribution in [3.8, 4) is 5.75 Å². The highest BCUT2D eigenvalue weighted by molar-refractivity contribution is 6.37. The number of benzene rings is 2. The fourth-order valence-corrected chi connectivity index (χ4v) is 4.63. The highest BCUT2D eigenvalue weighted by Crippen LogP contribution is 2.33. The summed E-state index contributed by atoms with van der Waals surface area (Å²) in [4.78, 5) is 34.8. The lowest BCUT2D eigenvalue weighted by Gasteiger charge is -2.21. The number of pyridine rings is 1. The second kappa shape index (κ2) is 10.2. The van der Waals surface area contributed by atoms with Crippen LogP contribution in [0, 0.1) is 12.7 Å². The van der Waals surface area contributed by atoms with Crippen molar-refractivity contribution in [2.24, 2.45) is 0 Å². The van der Waals surface area contributed by atoms with Crippen LogP contribution in [-0.2, 0) is 6.42 Å². The molecule has 4 rings (SSSR count). The van der Waals surface area contributed by atoms with Crippen molar-refractivity contribution < 1.29 is 27.5 Å². The van der Waals surface area contributed by atoms with Gasteiger partial charge in [-0.3, -0.25) is 19.1 Å². The molecular weight excluding hydrogens is 551 g/mol. The van der Waals surface area contributed by atoms with Gasteiger partial charge in [0.25, 0.3) is 11.5 Å². The van der Waals surface area contributed by atoms with E-state index in [2.05, 4.69) is 15.3 Å². The van der Waals surface area contributed by atoms with Gasteiger partial charge in [-0.2, -0.15) is 13.2 Å². The van der Waals surface area contributed by atoms with E-state index in [0.29, 0.717) is 0 Å². The maximum absolute atomic E-state index is 14.7. The molecule has 4 aromatic rings. The minimum absolute atomic E-state index is 0.00783. The maximum atomic E-state index is 14.7. The molecule has 0 aliphatic heterocycles. The van der Waals surface area contributed by atoms with E-state index < -0.39 is 41.7 Å². The number of aromatic nitrogens is 3. The minimum atomic E-state index is -4.51. The molecule has 2 heterocycles. The standard InChI is InChI=1S/C25H18Cl2F4N4O3/c1-11(20-13(4-3-7-32-20)10-25(29,30)31)35-12(2)33-21-17(28)5-6-18(19(21)24(35)38)34-23(37)14-8-15(26)22(36)16(27)9-14/h3-9,11,36H,10H2,1-2H3,(H,34,37)/t11-/m1/s1. The largest absolute Gasteiger partial charge is 0.505 e. The van der Waals surface area contributed by atoms with Crippen LogP contribution in [0.3, 0.4) is 0 Å². The van der Waals surface area contributed by atoms with Gasteiger partial charge in [0.15, 0.2) is 5.75 Å². The molecule has 7 nitrogen and oxygen atoms in total. The molecule has 0 saturated heterocycles. The van der Waals surface area contributed by atoms with Crippen molar-refractivity contribution in [3.63, 3.8) is 0 Å². The van der Waals surface area contributed by atoms with Crippen molar-refractivity contribution in [3.05, 3.63) is 91.5 Å². The van der Waals surface area contributed by atoms with E-state index >= 15 is 0 Å². The van der Waals surface area contributed by atoms with Crippen LogP contribution in [0.1, 0.15) is 40.4 Å². The first kappa shape index (κ1) is 27.3. The van der Waals surface area contributed by atoms with E-state index in [4.69, 9.17) is 23.2 Å². The molecule has 38 heavy (non-hydrogen) atoms. The number of phenolic OH excluding ortho intramolecular Hbond substituents is 1. The predicted molar refractivity (Wildman–Crippen MR) is 135 cm³/mol. The third-order valence-electron chi connectivity index (χ3n) is 5.81. The fraction of sp³-hybridized carbons (Fsp3) is 0.200. The van der Waals surface area contributed by atoms with Gasteiger partial charge in [0, 0.05) is 11.8 Å². The molecule has 0 spiro atoms. The number of rotatable bonds is 5. The number of hydrogen-bond acceptors (Lipinski definition) is 5. The average molecular weight is 569 g/mol.